The summed E-state index contributed by atoms with van der Waals surface area (Å²) in [5.41, 5.74) is 2.21. The number of ether oxygens (including phenoxy) is 1. The molecule has 1 atom stereocenters. The second-order valence-corrected chi connectivity index (χ2v) is 7.60. The molecule has 1 amide bonds. The van der Waals surface area contributed by atoms with Crippen LogP contribution in [0.25, 0.3) is 11.5 Å². The van der Waals surface area contributed by atoms with Crippen LogP contribution in [0.2, 0.25) is 0 Å². The first kappa shape index (κ1) is 17.4. The van der Waals surface area contributed by atoms with Crippen LogP contribution < -0.4 is 10.1 Å². The summed E-state index contributed by atoms with van der Waals surface area (Å²) < 4.78 is 12.7. The van der Waals surface area contributed by atoms with E-state index in [1.165, 1.54) is 4.68 Å². The molecule has 0 saturated heterocycles. The molecule has 0 spiro atoms. The SMILES string of the molecule is BC(B)(B)c1noc(-c2ccc3c(c2)OC[C@H]3NC(=O)c2ccnn2C)n1. The van der Waals surface area contributed by atoms with Gasteiger partial charge in [-0.1, -0.05) is 16.3 Å². The van der Waals surface area contributed by atoms with Gasteiger partial charge in [0.05, 0.1) is 29.6 Å². The average Bonchev–Trinajstić information content (AvgIpc) is 3.33. The number of nitrogens with zero attached hydrogens (tertiary/aromatic N) is 4. The molecule has 0 unspecified atom stereocenters. The monoisotopic (exact) mass is 361 g/mol. The Hall–Kier alpha value is -2.97. The van der Waals surface area contributed by atoms with E-state index >= 15 is 0 Å². The van der Waals surface area contributed by atoms with E-state index < -0.39 is 0 Å². The van der Waals surface area contributed by atoms with Gasteiger partial charge in [0, 0.05) is 24.4 Å². The number of rotatable bonds is 4. The highest BCUT2D eigenvalue weighted by Crippen LogP contribution is 2.35. The summed E-state index contributed by atoms with van der Waals surface area (Å²) in [5, 5.41) is 10.9. The van der Waals surface area contributed by atoms with Gasteiger partial charge in [0.15, 0.2) is 5.82 Å². The Labute approximate surface area is 158 Å². The van der Waals surface area contributed by atoms with Crippen LogP contribution in [0.4, 0.5) is 0 Å². The van der Waals surface area contributed by atoms with E-state index in [1.807, 2.05) is 41.7 Å². The molecule has 3 aromatic rings. The Kier molecular flexibility index (Phi) is 4.09. The van der Waals surface area contributed by atoms with Gasteiger partial charge in [-0.15, -0.1) is 0 Å². The number of carbonyl (C=O) groups is 1. The molecule has 1 N–H and O–H groups in total. The van der Waals surface area contributed by atoms with Crippen molar-refractivity contribution < 1.29 is 14.1 Å². The molecular formula is C16H18B3N5O3. The lowest BCUT2D eigenvalue weighted by atomic mass is 9.42. The molecule has 27 heavy (non-hydrogen) atoms. The molecule has 0 radical (unpaired) electrons. The molecule has 134 valence electrons. The molecule has 2 aromatic heterocycles. The van der Waals surface area contributed by atoms with Crippen molar-refractivity contribution in [3.63, 3.8) is 0 Å². The van der Waals surface area contributed by atoms with Crippen LogP contribution in [0.1, 0.15) is 27.9 Å². The van der Waals surface area contributed by atoms with Gasteiger partial charge in [0.1, 0.15) is 18.1 Å². The number of hydrogen-bond acceptors (Lipinski definition) is 6. The van der Waals surface area contributed by atoms with Crippen LogP contribution >= 0.6 is 0 Å². The summed E-state index contributed by atoms with van der Waals surface area (Å²) >= 11 is 0. The number of nitrogens with one attached hydrogen (secondary N) is 1. The van der Waals surface area contributed by atoms with Gasteiger partial charge in [-0.25, -0.2) is 0 Å². The lowest BCUT2D eigenvalue weighted by Gasteiger charge is -2.12. The van der Waals surface area contributed by atoms with Crippen LogP contribution in [-0.2, 0) is 12.2 Å². The van der Waals surface area contributed by atoms with Gasteiger partial charge in [-0.2, -0.15) is 10.1 Å². The maximum atomic E-state index is 12.4. The zero-order chi connectivity index (χ0) is 19.2. The Morgan fingerprint density at radius 1 is 1.33 bits per heavy atom. The second-order valence-electron chi connectivity index (χ2n) is 7.60. The second kappa shape index (κ2) is 6.33. The topological polar surface area (TPSA) is 95.1 Å². The number of fused-ring (bicyclic) bond motifs is 1. The molecule has 3 heterocycles. The van der Waals surface area contributed by atoms with Crippen LogP contribution in [-0.4, -0.2) is 56.0 Å². The Bertz CT molecular complexity index is 1010. The molecule has 8 nitrogen and oxygen atoms in total. The first-order valence-electron chi connectivity index (χ1n) is 8.73. The molecule has 0 aliphatic carbocycles. The van der Waals surface area contributed by atoms with Crippen molar-refractivity contribution in [1.29, 1.82) is 0 Å². The maximum Gasteiger partial charge on any atom is 0.270 e. The Morgan fingerprint density at radius 2 is 2.15 bits per heavy atom. The van der Waals surface area contributed by atoms with E-state index in [1.54, 1.807) is 19.3 Å². The fourth-order valence-electron chi connectivity index (χ4n) is 2.94. The summed E-state index contributed by atoms with van der Waals surface area (Å²) in [6.45, 7) is 0.374. The molecule has 0 fully saturated rings. The lowest BCUT2D eigenvalue weighted by Crippen LogP contribution is -2.30. The predicted molar refractivity (Wildman–Crippen MR) is 106 cm³/mol. The third kappa shape index (κ3) is 3.25. The van der Waals surface area contributed by atoms with Crippen LogP contribution in [0.5, 0.6) is 5.75 Å². The highest BCUT2D eigenvalue weighted by Gasteiger charge is 2.28. The summed E-state index contributed by atoms with van der Waals surface area (Å²) in [6.07, 6.45) is 1.59. The minimum Gasteiger partial charge on any atom is -0.491 e. The third-order valence-electron chi connectivity index (χ3n) is 4.50. The van der Waals surface area contributed by atoms with Crippen molar-refractivity contribution in [1.82, 2.24) is 25.2 Å². The number of aromatic nitrogens is 4. The van der Waals surface area contributed by atoms with Crippen molar-refractivity contribution in [3.8, 4) is 17.2 Å². The predicted octanol–water partition coefficient (Wildman–Crippen LogP) is -1.66. The minimum atomic E-state index is -0.218. The van der Waals surface area contributed by atoms with Crippen LogP contribution in [0.15, 0.2) is 35.0 Å². The third-order valence-corrected chi connectivity index (χ3v) is 4.50. The molecule has 1 aliphatic rings. The van der Waals surface area contributed by atoms with Crippen molar-refractivity contribution >= 4 is 29.4 Å². The van der Waals surface area contributed by atoms with Gasteiger partial charge < -0.3 is 14.6 Å². The van der Waals surface area contributed by atoms with Crippen molar-refractivity contribution in [2.24, 2.45) is 7.05 Å². The first-order valence-corrected chi connectivity index (χ1v) is 8.73. The number of carbonyl (C=O) groups excluding carboxylic acids is 1. The zero-order valence-corrected chi connectivity index (χ0v) is 15.7. The summed E-state index contributed by atoms with van der Waals surface area (Å²) in [6, 6.07) is 7.15. The van der Waals surface area contributed by atoms with Gasteiger partial charge in [0.2, 0.25) is 0 Å². The Balaban J connectivity index is 1.55. The van der Waals surface area contributed by atoms with E-state index in [-0.39, 0.29) is 17.1 Å². The molecule has 1 aromatic carbocycles. The molecule has 4 rings (SSSR count). The molecule has 0 saturated carbocycles. The normalized spacial score (nSPS) is 16.0. The minimum absolute atomic E-state index is 0.184. The Morgan fingerprint density at radius 3 is 2.81 bits per heavy atom. The van der Waals surface area contributed by atoms with E-state index in [4.69, 9.17) is 9.26 Å². The van der Waals surface area contributed by atoms with Crippen molar-refractivity contribution in [3.05, 3.63) is 47.5 Å². The van der Waals surface area contributed by atoms with E-state index in [9.17, 15) is 4.79 Å². The maximum absolute atomic E-state index is 12.4. The average molecular weight is 361 g/mol. The van der Waals surface area contributed by atoms with Crippen LogP contribution in [0, 0.1) is 0 Å². The summed E-state index contributed by atoms with van der Waals surface area (Å²) in [4.78, 5) is 16.9. The lowest BCUT2D eigenvalue weighted by molar-refractivity contribution is 0.0920. The number of aryl methyl sites for hydroxylation is 1. The zero-order valence-electron chi connectivity index (χ0n) is 15.7. The van der Waals surface area contributed by atoms with Gasteiger partial charge in [-0.05, 0) is 18.2 Å². The molecule has 1 aliphatic heterocycles. The number of amides is 1. The van der Waals surface area contributed by atoms with Crippen molar-refractivity contribution in [2.45, 2.75) is 11.2 Å². The standard InChI is InChI=1S/C16H18B3N5O3/c1-24-11(4-5-20-24)13(25)21-10-7-26-12-6-8(2-3-9(10)12)14-22-15(23-27-14)16(17,18)19/h2-6,10H,7,17-19H2,1H3,(H,21,25)/t10-/m1/s1. The molecule has 0 bridgehead atoms. The largest absolute Gasteiger partial charge is 0.491 e. The van der Waals surface area contributed by atoms with E-state index in [0.29, 0.717) is 29.8 Å². The van der Waals surface area contributed by atoms with Gasteiger partial charge >= 0.3 is 0 Å². The van der Waals surface area contributed by atoms with E-state index in [0.717, 1.165) is 11.1 Å². The highest BCUT2D eigenvalue weighted by atomic mass is 16.5. The fraction of sp³-hybridized carbons (Fsp3) is 0.250. The first-order chi connectivity index (χ1) is 12.8. The van der Waals surface area contributed by atoms with Gasteiger partial charge in [0.25, 0.3) is 11.8 Å². The van der Waals surface area contributed by atoms with E-state index in [2.05, 4.69) is 20.6 Å². The summed E-state index contributed by atoms with van der Waals surface area (Å²) in [5.74, 6) is 1.62. The van der Waals surface area contributed by atoms with Crippen molar-refractivity contribution in [2.75, 3.05) is 6.61 Å². The quantitative estimate of drug-likeness (QED) is 0.560. The van der Waals surface area contributed by atoms with Crippen LogP contribution in [0.3, 0.4) is 0 Å². The molecular weight excluding hydrogens is 343 g/mol. The highest BCUT2D eigenvalue weighted by molar-refractivity contribution is 6.58. The fourth-order valence-corrected chi connectivity index (χ4v) is 2.94. The van der Waals surface area contributed by atoms with Gasteiger partial charge in [-0.3, -0.25) is 9.48 Å². The molecule has 11 heteroatoms. The smallest absolute Gasteiger partial charge is 0.270 e. The summed E-state index contributed by atoms with van der Waals surface area (Å²) in [7, 11) is 7.82. The number of benzene rings is 1. The number of hydrogen-bond donors (Lipinski definition) is 1.